The smallest absolute Gasteiger partial charge is 0.329 e. The van der Waals surface area contributed by atoms with Gasteiger partial charge in [0, 0.05) is 12.6 Å². The second kappa shape index (κ2) is 7.11. The Morgan fingerprint density at radius 1 is 1.10 bits per heavy atom. The first kappa shape index (κ1) is 16.1. The number of carboxylic acid groups (broad SMARTS) is 1. The van der Waals surface area contributed by atoms with Gasteiger partial charge in [0.25, 0.3) is 0 Å². The lowest BCUT2D eigenvalue weighted by molar-refractivity contribution is -0.146. The highest BCUT2D eigenvalue weighted by Crippen LogP contribution is 2.30. The number of aliphatic carboxylic acids is 1. The number of amides is 2. The van der Waals surface area contributed by atoms with Gasteiger partial charge in [-0.05, 0) is 25.7 Å². The summed E-state index contributed by atoms with van der Waals surface area (Å²) in [7, 11) is 0. The number of aliphatic hydroxyl groups excluding tert-OH is 1. The molecular weight excluding hydrogens is 272 g/mol. The minimum Gasteiger partial charge on any atom is -0.480 e. The molecule has 0 saturated heterocycles. The third-order valence-electron chi connectivity index (χ3n) is 4.83. The Morgan fingerprint density at radius 2 is 1.71 bits per heavy atom. The fourth-order valence-electron chi connectivity index (χ4n) is 3.60. The zero-order valence-electron chi connectivity index (χ0n) is 12.5. The van der Waals surface area contributed by atoms with Gasteiger partial charge in [-0.15, -0.1) is 0 Å². The highest BCUT2D eigenvalue weighted by atomic mass is 16.4. The number of rotatable bonds is 5. The topological polar surface area (TPSA) is 89.9 Å². The summed E-state index contributed by atoms with van der Waals surface area (Å²) in [6.07, 6.45) is 7.71. The number of urea groups is 1. The van der Waals surface area contributed by atoms with Gasteiger partial charge in [-0.1, -0.05) is 32.1 Å². The van der Waals surface area contributed by atoms with E-state index in [0.29, 0.717) is 12.8 Å². The summed E-state index contributed by atoms with van der Waals surface area (Å²) in [4.78, 5) is 25.8. The van der Waals surface area contributed by atoms with E-state index in [2.05, 4.69) is 5.32 Å². The quantitative estimate of drug-likeness (QED) is 0.721. The lowest BCUT2D eigenvalue weighted by Gasteiger charge is -2.37. The van der Waals surface area contributed by atoms with Crippen molar-refractivity contribution in [2.75, 3.05) is 13.2 Å². The van der Waals surface area contributed by atoms with Crippen molar-refractivity contribution >= 4 is 12.0 Å². The summed E-state index contributed by atoms with van der Waals surface area (Å²) < 4.78 is 0. The van der Waals surface area contributed by atoms with Crippen molar-refractivity contribution in [3.63, 3.8) is 0 Å². The molecule has 0 aliphatic heterocycles. The van der Waals surface area contributed by atoms with Crippen molar-refractivity contribution in [3.05, 3.63) is 0 Å². The molecule has 0 atom stereocenters. The largest absolute Gasteiger partial charge is 0.480 e. The van der Waals surface area contributed by atoms with Gasteiger partial charge in [0.1, 0.15) is 5.54 Å². The fourth-order valence-corrected chi connectivity index (χ4v) is 3.60. The Balaban J connectivity index is 2.06. The molecule has 6 nitrogen and oxygen atoms in total. The maximum atomic E-state index is 12.5. The van der Waals surface area contributed by atoms with E-state index in [4.69, 9.17) is 0 Å². The first-order valence-electron chi connectivity index (χ1n) is 8.02. The van der Waals surface area contributed by atoms with Gasteiger partial charge in [0.15, 0.2) is 0 Å². The predicted molar refractivity (Wildman–Crippen MR) is 78.0 cm³/mol. The number of carbonyl (C=O) groups is 2. The van der Waals surface area contributed by atoms with Crippen molar-refractivity contribution in [2.45, 2.75) is 69.4 Å². The van der Waals surface area contributed by atoms with Crippen molar-refractivity contribution in [2.24, 2.45) is 0 Å². The molecule has 0 unspecified atom stereocenters. The van der Waals surface area contributed by atoms with Gasteiger partial charge < -0.3 is 20.4 Å². The van der Waals surface area contributed by atoms with E-state index in [9.17, 15) is 19.8 Å². The fraction of sp³-hybridized carbons (Fsp3) is 0.867. The maximum absolute atomic E-state index is 12.5. The van der Waals surface area contributed by atoms with Crippen LogP contribution in [0.2, 0.25) is 0 Å². The van der Waals surface area contributed by atoms with Crippen LogP contribution in [0.3, 0.4) is 0 Å². The van der Waals surface area contributed by atoms with Crippen LogP contribution in [-0.4, -0.2) is 51.8 Å². The van der Waals surface area contributed by atoms with Crippen LogP contribution < -0.4 is 5.32 Å². The zero-order chi connectivity index (χ0) is 15.3. The molecule has 0 aromatic carbocycles. The second-order valence-electron chi connectivity index (χ2n) is 6.23. The molecule has 2 fully saturated rings. The highest BCUT2D eigenvalue weighted by molar-refractivity contribution is 5.86. The summed E-state index contributed by atoms with van der Waals surface area (Å²) in [5.41, 5.74) is -1.12. The Kier molecular flexibility index (Phi) is 5.45. The predicted octanol–water partition coefficient (Wildman–Crippen LogP) is 1.72. The molecule has 0 spiro atoms. The van der Waals surface area contributed by atoms with Crippen LogP contribution in [-0.2, 0) is 4.79 Å². The van der Waals surface area contributed by atoms with Gasteiger partial charge in [-0.25, -0.2) is 9.59 Å². The van der Waals surface area contributed by atoms with Crippen molar-refractivity contribution in [1.29, 1.82) is 0 Å². The minimum atomic E-state index is -1.12. The van der Waals surface area contributed by atoms with Crippen LogP contribution in [0.15, 0.2) is 0 Å². The third kappa shape index (κ3) is 3.67. The van der Waals surface area contributed by atoms with Crippen molar-refractivity contribution in [1.82, 2.24) is 10.2 Å². The van der Waals surface area contributed by atoms with Gasteiger partial charge in [-0.3, -0.25) is 0 Å². The molecule has 21 heavy (non-hydrogen) atoms. The SMILES string of the molecule is O=C(NC1(C(=O)O)CCCCC1)N(CCO)C1CCCC1. The van der Waals surface area contributed by atoms with Crippen LogP contribution in [0.1, 0.15) is 57.8 Å². The van der Waals surface area contributed by atoms with Crippen LogP contribution in [0.4, 0.5) is 4.79 Å². The van der Waals surface area contributed by atoms with Gasteiger partial charge >= 0.3 is 12.0 Å². The third-order valence-corrected chi connectivity index (χ3v) is 4.83. The lowest BCUT2D eigenvalue weighted by Crippen LogP contribution is -2.60. The summed E-state index contributed by atoms with van der Waals surface area (Å²) in [5.74, 6) is -0.939. The number of hydrogen-bond donors (Lipinski definition) is 3. The highest BCUT2D eigenvalue weighted by Gasteiger charge is 2.42. The second-order valence-corrected chi connectivity index (χ2v) is 6.23. The Hall–Kier alpha value is -1.30. The normalized spacial score (nSPS) is 22.0. The van der Waals surface area contributed by atoms with Crippen LogP contribution in [0.25, 0.3) is 0 Å². The molecule has 2 saturated carbocycles. The average Bonchev–Trinajstić information content (AvgIpc) is 2.99. The first-order chi connectivity index (χ1) is 10.1. The number of carboxylic acids is 1. The molecule has 0 radical (unpaired) electrons. The molecule has 2 aliphatic rings. The summed E-state index contributed by atoms with van der Waals surface area (Å²) in [6.45, 7) is 0.177. The summed E-state index contributed by atoms with van der Waals surface area (Å²) >= 11 is 0. The standard InChI is InChI=1S/C15H26N2O4/c18-11-10-17(12-6-2-3-7-12)14(21)16-15(13(19)20)8-4-1-5-9-15/h12,18H,1-11H2,(H,16,21)(H,19,20). The van der Waals surface area contributed by atoms with Gasteiger partial charge in [0.05, 0.1) is 6.61 Å². The van der Waals surface area contributed by atoms with Crippen LogP contribution >= 0.6 is 0 Å². The minimum absolute atomic E-state index is 0.0933. The number of carbonyl (C=O) groups excluding carboxylic acids is 1. The monoisotopic (exact) mass is 298 g/mol. The maximum Gasteiger partial charge on any atom is 0.329 e. The van der Waals surface area contributed by atoms with E-state index in [1.165, 1.54) is 0 Å². The van der Waals surface area contributed by atoms with E-state index in [1.807, 2.05) is 0 Å². The average molecular weight is 298 g/mol. The molecular formula is C15H26N2O4. The number of hydrogen-bond acceptors (Lipinski definition) is 3. The van der Waals surface area contributed by atoms with E-state index in [0.717, 1.165) is 44.9 Å². The first-order valence-corrected chi connectivity index (χ1v) is 8.02. The van der Waals surface area contributed by atoms with Gasteiger partial charge in [-0.2, -0.15) is 0 Å². The number of aliphatic hydroxyl groups is 1. The molecule has 0 bridgehead atoms. The van der Waals surface area contributed by atoms with Crippen LogP contribution in [0.5, 0.6) is 0 Å². The van der Waals surface area contributed by atoms with Crippen molar-refractivity contribution < 1.29 is 19.8 Å². The van der Waals surface area contributed by atoms with E-state index >= 15 is 0 Å². The van der Waals surface area contributed by atoms with Crippen LogP contribution in [0, 0.1) is 0 Å². The summed E-state index contributed by atoms with van der Waals surface area (Å²) in [5, 5.41) is 21.5. The Morgan fingerprint density at radius 3 is 2.24 bits per heavy atom. The Labute approximate surface area is 125 Å². The molecule has 2 amide bonds. The summed E-state index contributed by atoms with van der Waals surface area (Å²) in [6, 6.07) is -0.202. The molecule has 3 N–H and O–H groups in total. The number of nitrogens with one attached hydrogen (secondary N) is 1. The lowest BCUT2D eigenvalue weighted by atomic mass is 9.82. The molecule has 2 rings (SSSR count). The van der Waals surface area contributed by atoms with Gasteiger partial charge in [0.2, 0.25) is 0 Å². The molecule has 120 valence electrons. The molecule has 2 aliphatic carbocycles. The zero-order valence-corrected chi connectivity index (χ0v) is 12.5. The van der Waals surface area contributed by atoms with E-state index in [-0.39, 0.29) is 25.2 Å². The van der Waals surface area contributed by atoms with E-state index < -0.39 is 11.5 Å². The van der Waals surface area contributed by atoms with Crippen molar-refractivity contribution in [3.8, 4) is 0 Å². The molecule has 6 heteroatoms. The Bertz CT molecular complexity index is 374. The number of nitrogens with zero attached hydrogens (tertiary/aromatic N) is 1. The van der Waals surface area contributed by atoms with E-state index in [1.54, 1.807) is 4.90 Å². The molecule has 0 aromatic heterocycles. The molecule has 0 aromatic rings. The molecule has 0 heterocycles.